The van der Waals surface area contributed by atoms with Gasteiger partial charge in [-0.25, -0.2) is 9.37 Å². The van der Waals surface area contributed by atoms with Crippen LogP contribution in [0.15, 0.2) is 18.2 Å². The van der Waals surface area contributed by atoms with Crippen molar-refractivity contribution in [3.63, 3.8) is 0 Å². The lowest BCUT2D eigenvalue weighted by Gasteiger charge is -2.19. The fourth-order valence-electron chi connectivity index (χ4n) is 3.23. The zero-order valence-electron chi connectivity index (χ0n) is 12.2. The van der Waals surface area contributed by atoms with Crippen molar-refractivity contribution >= 4 is 11.0 Å². The highest BCUT2D eigenvalue weighted by atomic mass is 19.1. The summed E-state index contributed by atoms with van der Waals surface area (Å²) in [5.74, 6) is 0.897. The molecule has 4 rings (SSSR count). The molecule has 0 unspecified atom stereocenters. The maximum atomic E-state index is 13.4. The molecule has 0 bridgehead atoms. The third-order valence-electron chi connectivity index (χ3n) is 4.43. The van der Waals surface area contributed by atoms with Gasteiger partial charge < -0.3 is 9.88 Å². The van der Waals surface area contributed by atoms with Crippen LogP contribution in [0.1, 0.15) is 31.1 Å². The molecule has 2 aromatic rings. The van der Waals surface area contributed by atoms with E-state index in [-0.39, 0.29) is 5.82 Å². The second-order valence-corrected chi connectivity index (χ2v) is 6.14. The van der Waals surface area contributed by atoms with Gasteiger partial charge in [0.25, 0.3) is 0 Å². The Labute approximate surface area is 123 Å². The van der Waals surface area contributed by atoms with Crippen LogP contribution in [0.2, 0.25) is 0 Å². The summed E-state index contributed by atoms with van der Waals surface area (Å²) in [4.78, 5) is 7.18. The van der Waals surface area contributed by atoms with E-state index in [0.717, 1.165) is 49.6 Å². The molecule has 0 amide bonds. The molecule has 2 fully saturated rings. The molecular formula is C16H21FN4. The van der Waals surface area contributed by atoms with E-state index < -0.39 is 0 Å². The lowest BCUT2D eigenvalue weighted by atomic mass is 10.3. The molecule has 1 saturated heterocycles. The average molecular weight is 288 g/mol. The van der Waals surface area contributed by atoms with Gasteiger partial charge in [-0.15, -0.1) is 0 Å². The highest BCUT2D eigenvalue weighted by Crippen LogP contribution is 2.39. The van der Waals surface area contributed by atoms with Crippen molar-refractivity contribution in [1.29, 1.82) is 0 Å². The topological polar surface area (TPSA) is 33.1 Å². The van der Waals surface area contributed by atoms with Crippen LogP contribution < -0.4 is 5.32 Å². The number of halogens is 1. The molecule has 1 N–H and O–H groups in total. The Hall–Kier alpha value is -1.46. The molecule has 5 heteroatoms. The second-order valence-electron chi connectivity index (χ2n) is 6.14. The van der Waals surface area contributed by atoms with E-state index in [9.17, 15) is 4.39 Å². The van der Waals surface area contributed by atoms with E-state index in [1.807, 2.05) is 6.07 Å². The van der Waals surface area contributed by atoms with Crippen molar-refractivity contribution in [2.24, 2.45) is 0 Å². The smallest absolute Gasteiger partial charge is 0.125 e. The maximum absolute atomic E-state index is 13.4. The Kier molecular flexibility index (Phi) is 3.39. The molecule has 0 atom stereocenters. The van der Waals surface area contributed by atoms with Gasteiger partial charge in [-0.1, -0.05) is 0 Å². The fourth-order valence-corrected chi connectivity index (χ4v) is 3.23. The molecule has 1 aromatic heterocycles. The number of aromatic nitrogens is 2. The summed E-state index contributed by atoms with van der Waals surface area (Å²) in [6.07, 6.45) is 3.62. The fraction of sp³-hybridized carbons (Fsp3) is 0.562. The predicted molar refractivity (Wildman–Crippen MR) is 80.7 cm³/mol. The van der Waals surface area contributed by atoms with Gasteiger partial charge in [-0.2, -0.15) is 0 Å². The first kappa shape index (κ1) is 13.2. The Morgan fingerprint density at radius 2 is 2.14 bits per heavy atom. The van der Waals surface area contributed by atoms with Crippen LogP contribution in [0.4, 0.5) is 4.39 Å². The summed E-state index contributed by atoms with van der Waals surface area (Å²) in [5.41, 5.74) is 1.88. The minimum absolute atomic E-state index is 0.200. The molecule has 1 aliphatic heterocycles. The largest absolute Gasteiger partial charge is 0.324 e. The first-order valence-corrected chi connectivity index (χ1v) is 7.91. The first-order valence-electron chi connectivity index (χ1n) is 7.91. The lowest BCUT2D eigenvalue weighted by molar-refractivity contribution is 0.273. The number of imidazole rings is 1. The van der Waals surface area contributed by atoms with Crippen LogP contribution in [0, 0.1) is 5.82 Å². The molecule has 0 radical (unpaired) electrons. The third kappa shape index (κ3) is 2.68. The Bertz CT molecular complexity index is 639. The highest BCUT2D eigenvalue weighted by Gasteiger charge is 2.28. The van der Waals surface area contributed by atoms with Crippen molar-refractivity contribution in [3.05, 3.63) is 29.8 Å². The second kappa shape index (κ2) is 5.39. The maximum Gasteiger partial charge on any atom is 0.125 e. The van der Waals surface area contributed by atoms with E-state index >= 15 is 0 Å². The summed E-state index contributed by atoms with van der Waals surface area (Å²) in [5, 5.41) is 3.43. The molecule has 2 heterocycles. The van der Waals surface area contributed by atoms with Crippen LogP contribution in [0.3, 0.4) is 0 Å². The van der Waals surface area contributed by atoms with E-state index in [1.54, 1.807) is 12.1 Å². The number of hydrogen-bond acceptors (Lipinski definition) is 3. The van der Waals surface area contributed by atoms with E-state index in [2.05, 4.69) is 14.8 Å². The SMILES string of the molecule is Fc1ccc2c(c1)nc(CN1CCCNCC1)n2C1CC1. The highest BCUT2D eigenvalue weighted by molar-refractivity contribution is 5.76. The number of rotatable bonds is 3. The summed E-state index contributed by atoms with van der Waals surface area (Å²) >= 11 is 0. The molecule has 112 valence electrons. The van der Waals surface area contributed by atoms with Crippen molar-refractivity contribution in [2.75, 3.05) is 26.2 Å². The van der Waals surface area contributed by atoms with Gasteiger partial charge in [-0.3, -0.25) is 4.90 Å². The minimum Gasteiger partial charge on any atom is -0.324 e. The molecule has 1 saturated carbocycles. The van der Waals surface area contributed by atoms with Crippen LogP contribution in [-0.4, -0.2) is 40.6 Å². The molecule has 1 aromatic carbocycles. The van der Waals surface area contributed by atoms with Crippen molar-refractivity contribution in [2.45, 2.75) is 31.8 Å². The standard InChI is InChI=1S/C16H21FN4/c17-12-2-5-15-14(10-12)19-16(21(15)13-3-4-13)11-20-8-1-6-18-7-9-20/h2,5,10,13,18H,1,3-4,6-9,11H2. The summed E-state index contributed by atoms with van der Waals surface area (Å²) in [7, 11) is 0. The van der Waals surface area contributed by atoms with Crippen molar-refractivity contribution < 1.29 is 4.39 Å². The zero-order valence-corrected chi connectivity index (χ0v) is 12.2. The molecule has 2 aliphatic rings. The van der Waals surface area contributed by atoms with Gasteiger partial charge in [0.15, 0.2) is 0 Å². The van der Waals surface area contributed by atoms with Crippen LogP contribution in [-0.2, 0) is 6.54 Å². The van der Waals surface area contributed by atoms with Gasteiger partial charge in [0.2, 0.25) is 0 Å². The number of nitrogens with zero attached hydrogens (tertiary/aromatic N) is 3. The van der Waals surface area contributed by atoms with Crippen LogP contribution >= 0.6 is 0 Å². The predicted octanol–water partition coefficient (Wildman–Crippen LogP) is 2.31. The normalized spacial score (nSPS) is 20.8. The molecule has 21 heavy (non-hydrogen) atoms. The first-order chi connectivity index (χ1) is 10.3. The summed E-state index contributed by atoms with van der Waals surface area (Å²) in [6, 6.07) is 5.55. The zero-order chi connectivity index (χ0) is 14.2. The molecular weight excluding hydrogens is 267 g/mol. The van der Waals surface area contributed by atoms with Crippen molar-refractivity contribution in [3.8, 4) is 0 Å². The van der Waals surface area contributed by atoms with E-state index in [1.165, 1.54) is 19.3 Å². The van der Waals surface area contributed by atoms with Crippen LogP contribution in [0.5, 0.6) is 0 Å². The van der Waals surface area contributed by atoms with Crippen LogP contribution in [0.25, 0.3) is 11.0 Å². The molecule has 1 aliphatic carbocycles. The quantitative estimate of drug-likeness (QED) is 0.941. The summed E-state index contributed by atoms with van der Waals surface area (Å²) in [6.45, 7) is 5.17. The average Bonchev–Trinajstić information content (AvgIpc) is 3.26. The number of benzene rings is 1. The number of fused-ring (bicyclic) bond motifs is 1. The Morgan fingerprint density at radius 3 is 3.00 bits per heavy atom. The van der Waals surface area contributed by atoms with Gasteiger partial charge in [-0.05, 0) is 44.5 Å². The van der Waals surface area contributed by atoms with E-state index in [0.29, 0.717) is 6.04 Å². The Balaban J connectivity index is 1.68. The molecule has 0 spiro atoms. The monoisotopic (exact) mass is 288 g/mol. The van der Waals surface area contributed by atoms with Gasteiger partial charge >= 0.3 is 0 Å². The van der Waals surface area contributed by atoms with Crippen molar-refractivity contribution in [1.82, 2.24) is 19.8 Å². The summed E-state index contributed by atoms with van der Waals surface area (Å²) < 4.78 is 15.8. The van der Waals surface area contributed by atoms with Gasteiger partial charge in [0, 0.05) is 25.2 Å². The minimum atomic E-state index is -0.200. The van der Waals surface area contributed by atoms with Gasteiger partial charge in [0.05, 0.1) is 17.6 Å². The third-order valence-corrected chi connectivity index (χ3v) is 4.43. The lowest BCUT2D eigenvalue weighted by Crippen LogP contribution is -2.29. The van der Waals surface area contributed by atoms with E-state index in [4.69, 9.17) is 4.98 Å². The van der Waals surface area contributed by atoms with Gasteiger partial charge in [0.1, 0.15) is 11.6 Å². The Morgan fingerprint density at radius 1 is 1.24 bits per heavy atom. The number of nitrogens with one attached hydrogen (secondary N) is 1. The number of hydrogen-bond donors (Lipinski definition) is 1. The molecule has 4 nitrogen and oxygen atoms in total.